The van der Waals surface area contributed by atoms with Gasteiger partial charge in [0.05, 0.1) is 0 Å². The fourth-order valence-electron chi connectivity index (χ4n) is 1.16. The standard InChI is InChI=1S/C12H18S6/c1-3-13-17-15-9-11-6-5-7-12(8-11)10-16-18-14-4-2/h5-8H,3-4,9-10H2,1-2H3. The molecule has 0 saturated carbocycles. The van der Waals surface area contributed by atoms with Gasteiger partial charge in [-0.1, -0.05) is 81.3 Å². The summed E-state index contributed by atoms with van der Waals surface area (Å²) >= 11 is 0. The molecule has 0 aliphatic heterocycles. The summed E-state index contributed by atoms with van der Waals surface area (Å²) in [4.78, 5) is 0. The molecule has 1 rings (SSSR count). The number of hydrogen-bond acceptors (Lipinski definition) is 6. The monoisotopic (exact) mass is 354 g/mol. The highest BCUT2D eigenvalue weighted by Gasteiger charge is 1.98. The first-order valence-corrected chi connectivity index (χ1v) is 13.4. The molecule has 0 radical (unpaired) electrons. The zero-order valence-corrected chi connectivity index (χ0v) is 15.5. The van der Waals surface area contributed by atoms with Crippen LogP contribution < -0.4 is 0 Å². The highest BCUT2D eigenvalue weighted by Crippen LogP contribution is 2.38. The summed E-state index contributed by atoms with van der Waals surface area (Å²) in [7, 11) is 11.5. The fourth-order valence-corrected chi connectivity index (χ4v) is 8.13. The van der Waals surface area contributed by atoms with Crippen LogP contribution >= 0.6 is 62.8 Å². The van der Waals surface area contributed by atoms with Crippen LogP contribution in [0.15, 0.2) is 24.3 Å². The van der Waals surface area contributed by atoms with Crippen molar-refractivity contribution in [2.75, 3.05) is 11.5 Å². The summed E-state index contributed by atoms with van der Waals surface area (Å²) in [5.41, 5.74) is 2.88. The topological polar surface area (TPSA) is 0 Å². The molecule has 0 fully saturated rings. The lowest BCUT2D eigenvalue weighted by Crippen LogP contribution is -1.83. The molecule has 18 heavy (non-hydrogen) atoms. The predicted molar refractivity (Wildman–Crippen MR) is 100 cm³/mol. The Balaban J connectivity index is 2.27. The van der Waals surface area contributed by atoms with Gasteiger partial charge in [-0.25, -0.2) is 0 Å². The van der Waals surface area contributed by atoms with Gasteiger partial charge in [-0.2, -0.15) is 0 Å². The van der Waals surface area contributed by atoms with Crippen molar-refractivity contribution in [3.63, 3.8) is 0 Å². The largest absolute Gasteiger partial charge is 0.0828 e. The Morgan fingerprint density at radius 3 is 1.72 bits per heavy atom. The second-order valence-corrected chi connectivity index (χ2v) is 12.3. The molecular formula is C12H18S6. The zero-order valence-electron chi connectivity index (χ0n) is 10.6. The van der Waals surface area contributed by atoms with E-state index in [9.17, 15) is 0 Å². The van der Waals surface area contributed by atoms with Crippen molar-refractivity contribution < 1.29 is 0 Å². The molecule has 0 unspecified atom stereocenters. The molecule has 0 atom stereocenters. The summed E-state index contributed by atoms with van der Waals surface area (Å²) in [5.74, 6) is 4.57. The highest BCUT2D eigenvalue weighted by molar-refractivity contribution is 9.09. The molecule has 102 valence electrons. The predicted octanol–water partition coefficient (Wildman–Crippen LogP) is 6.79. The van der Waals surface area contributed by atoms with Crippen LogP contribution in [0, 0.1) is 0 Å². The van der Waals surface area contributed by atoms with E-state index in [0.717, 1.165) is 11.5 Å². The van der Waals surface area contributed by atoms with Crippen LogP contribution in [0.25, 0.3) is 0 Å². The van der Waals surface area contributed by atoms with Crippen LogP contribution in [0.2, 0.25) is 0 Å². The maximum atomic E-state index is 2.34. The van der Waals surface area contributed by atoms with Crippen molar-refractivity contribution in [1.29, 1.82) is 0 Å². The van der Waals surface area contributed by atoms with E-state index in [1.807, 2.05) is 62.8 Å². The molecule has 0 heterocycles. The summed E-state index contributed by atoms with van der Waals surface area (Å²) in [6.07, 6.45) is 0. The summed E-state index contributed by atoms with van der Waals surface area (Å²) in [6, 6.07) is 8.98. The van der Waals surface area contributed by atoms with E-state index in [1.165, 1.54) is 22.6 Å². The fraction of sp³-hybridized carbons (Fsp3) is 0.500. The molecule has 0 saturated heterocycles. The van der Waals surface area contributed by atoms with E-state index in [4.69, 9.17) is 0 Å². The summed E-state index contributed by atoms with van der Waals surface area (Å²) in [6.45, 7) is 4.39. The molecule has 0 aromatic heterocycles. The average Bonchev–Trinajstić information content (AvgIpc) is 2.40. The van der Waals surface area contributed by atoms with Crippen LogP contribution in [-0.2, 0) is 11.5 Å². The van der Waals surface area contributed by atoms with Crippen molar-refractivity contribution in [1.82, 2.24) is 0 Å². The molecule has 0 aliphatic carbocycles. The van der Waals surface area contributed by atoms with Gasteiger partial charge in [0.25, 0.3) is 0 Å². The van der Waals surface area contributed by atoms with E-state index < -0.39 is 0 Å². The van der Waals surface area contributed by atoms with E-state index in [0.29, 0.717) is 0 Å². The van der Waals surface area contributed by atoms with E-state index in [1.54, 1.807) is 0 Å². The third-order valence-electron chi connectivity index (χ3n) is 1.87. The average molecular weight is 355 g/mol. The lowest BCUT2D eigenvalue weighted by molar-refractivity contribution is 1.34. The van der Waals surface area contributed by atoms with Crippen molar-refractivity contribution in [3.8, 4) is 0 Å². The van der Waals surface area contributed by atoms with Crippen molar-refractivity contribution in [2.45, 2.75) is 25.4 Å². The molecule has 6 heteroatoms. The summed E-state index contributed by atoms with van der Waals surface area (Å²) in [5, 5.41) is 0. The SMILES string of the molecule is CCSSSCc1cccc(CSSSCC)c1. The first kappa shape index (κ1) is 17.4. The Morgan fingerprint density at radius 2 is 1.28 bits per heavy atom. The molecule has 1 aromatic carbocycles. The Labute approximate surface area is 134 Å². The number of rotatable bonds is 10. The Kier molecular flexibility index (Phi) is 11.7. The van der Waals surface area contributed by atoms with Gasteiger partial charge < -0.3 is 0 Å². The minimum absolute atomic E-state index is 1.10. The number of benzene rings is 1. The van der Waals surface area contributed by atoms with Gasteiger partial charge >= 0.3 is 0 Å². The van der Waals surface area contributed by atoms with Crippen LogP contribution in [0.5, 0.6) is 0 Å². The van der Waals surface area contributed by atoms with Gasteiger partial charge in [0.2, 0.25) is 0 Å². The first-order valence-electron chi connectivity index (χ1n) is 5.76. The maximum absolute atomic E-state index is 2.34. The molecule has 0 spiro atoms. The molecule has 0 bridgehead atoms. The van der Waals surface area contributed by atoms with Crippen LogP contribution in [0.4, 0.5) is 0 Å². The third-order valence-corrected chi connectivity index (χ3v) is 10.4. The van der Waals surface area contributed by atoms with Gasteiger partial charge in [0.15, 0.2) is 0 Å². The molecule has 0 nitrogen and oxygen atoms in total. The van der Waals surface area contributed by atoms with Gasteiger partial charge in [0, 0.05) is 23.0 Å². The number of hydrogen-bond donors (Lipinski definition) is 0. The third kappa shape index (κ3) is 8.48. The normalized spacial score (nSPS) is 10.8. The second-order valence-electron chi connectivity index (χ2n) is 3.29. The van der Waals surface area contributed by atoms with Crippen LogP contribution in [0.3, 0.4) is 0 Å². The van der Waals surface area contributed by atoms with Crippen LogP contribution in [-0.4, -0.2) is 11.5 Å². The van der Waals surface area contributed by atoms with Crippen molar-refractivity contribution in [3.05, 3.63) is 35.4 Å². The van der Waals surface area contributed by atoms with Gasteiger partial charge in [0.1, 0.15) is 0 Å². The molecule has 1 aromatic rings. The first-order chi connectivity index (χ1) is 8.86. The maximum Gasteiger partial charge on any atom is 0.0297 e. The molecular weight excluding hydrogens is 337 g/mol. The Hall–Kier alpha value is 1.32. The molecule has 0 N–H and O–H groups in total. The highest BCUT2D eigenvalue weighted by atomic mass is 33.5. The Morgan fingerprint density at radius 1 is 0.778 bits per heavy atom. The minimum Gasteiger partial charge on any atom is -0.0828 e. The molecule has 0 amide bonds. The quantitative estimate of drug-likeness (QED) is 0.333. The van der Waals surface area contributed by atoms with E-state index >= 15 is 0 Å². The lowest BCUT2D eigenvalue weighted by atomic mass is 10.2. The van der Waals surface area contributed by atoms with Crippen LogP contribution in [0.1, 0.15) is 25.0 Å². The molecule has 0 aliphatic rings. The zero-order chi connectivity index (χ0) is 13.1. The van der Waals surface area contributed by atoms with E-state index in [-0.39, 0.29) is 0 Å². The second kappa shape index (κ2) is 12.1. The van der Waals surface area contributed by atoms with Crippen molar-refractivity contribution >= 4 is 62.8 Å². The van der Waals surface area contributed by atoms with Gasteiger partial charge in [-0.3, -0.25) is 0 Å². The Bertz CT molecular complexity index is 290. The lowest BCUT2D eigenvalue weighted by Gasteiger charge is -2.04. The van der Waals surface area contributed by atoms with E-state index in [2.05, 4.69) is 38.1 Å². The smallest absolute Gasteiger partial charge is 0.0297 e. The minimum atomic E-state index is 1.10. The van der Waals surface area contributed by atoms with Gasteiger partial charge in [-0.15, -0.1) is 0 Å². The van der Waals surface area contributed by atoms with Crippen molar-refractivity contribution in [2.24, 2.45) is 0 Å². The van der Waals surface area contributed by atoms with Gasteiger partial charge in [-0.05, 0) is 30.8 Å². The summed E-state index contributed by atoms with van der Waals surface area (Å²) < 4.78 is 0.